The predicted octanol–water partition coefficient (Wildman–Crippen LogP) is 7.70. The second kappa shape index (κ2) is 14.3. The zero-order valence-corrected chi connectivity index (χ0v) is 26.4. The summed E-state index contributed by atoms with van der Waals surface area (Å²) in [6.45, 7) is 15.6. The molecule has 3 aromatic rings. The molecule has 2 N–H and O–H groups in total. The van der Waals surface area contributed by atoms with E-state index in [4.69, 9.17) is 4.74 Å². The maximum absolute atomic E-state index is 14.4. The van der Waals surface area contributed by atoms with Gasteiger partial charge in [0.2, 0.25) is 5.91 Å². The number of amides is 3. The molecule has 0 bridgehead atoms. The topological polar surface area (TPSA) is 87.7 Å². The summed E-state index contributed by atoms with van der Waals surface area (Å²) in [6, 6.07) is 17.9. The van der Waals surface area contributed by atoms with Crippen LogP contribution in [0.2, 0.25) is 0 Å². The number of carbonyl (C=O) groups excluding carboxylic acids is 3. The van der Waals surface area contributed by atoms with Gasteiger partial charge in [0, 0.05) is 12.2 Å². The van der Waals surface area contributed by atoms with Crippen molar-refractivity contribution >= 4 is 34.4 Å². The average molecular weight is 574 g/mol. The Labute approximate surface area is 251 Å². The van der Waals surface area contributed by atoms with Gasteiger partial charge in [-0.25, -0.2) is 4.79 Å². The standard InChI is InChI=1S/C35H47N3O4/c1-9-10-13-20-38(33(40)30(23(2)3)37-34(41)42-35(6,7)8)31(28-17-16-24(4)25(5)21-28)32(39)36-29-19-18-26-14-11-12-15-27(26)22-29/h11-12,14-19,21-23,30-31H,9-10,13,20H2,1-8H3,(H,36,39)(H,37,41). The Kier molecular flexibility index (Phi) is 11.1. The number of benzene rings is 3. The lowest BCUT2D eigenvalue weighted by atomic mass is 9.96. The number of nitrogens with zero attached hydrogens (tertiary/aromatic N) is 1. The highest BCUT2D eigenvalue weighted by atomic mass is 16.6. The fourth-order valence-corrected chi connectivity index (χ4v) is 4.91. The smallest absolute Gasteiger partial charge is 0.408 e. The zero-order chi connectivity index (χ0) is 31.0. The summed E-state index contributed by atoms with van der Waals surface area (Å²) in [7, 11) is 0. The van der Waals surface area contributed by atoms with Crippen molar-refractivity contribution in [1.82, 2.24) is 10.2 Å². The van der Waals surface area contributed by atoms with Gasteiger partial charge in [0.25, 0.3) is 5.91 Å². The van der Waals surface area contributed by atoms with Gasteiger partial charge >= 0.3 is 6.09 Å². The van der Waals surface area contributed by atoms with Crippen molar-refractivity contribution in [2.75, 3.05) is 11.9 Å². The molecule has 3 amide bonds. The first-order valence-electron chi connectivity index (χ1n) is 15.0. The van der Waals surface area contributed by atoms with Gasteiger partial charge in [-0.2, -0.15) is 0 Å². The predicted molar refractivity (Wildman–Crippen MR) is 170 cm³/mol. The molecule has 0 radical (unpaired) electrons. The van der Waals surface area contributed by atoms with E-state index in [0.29, 0.717) is 12.2 Å². The number of anilines is 1. The number of rotatable bonds is 11. The third kappa shape index (κ3) is 8.81. The molecule has 7 heteroatoms. The Balaban J connectivity index is 2.05. The molecule has 0 saturated carbocycles. The van der Waals surface area contributed by atoms with E-state index < -0.39 is 23.8 Å². The SMILES string of the molecule is CCCCCN(C(=O)C(NC(=O)OC(C)(C)C)C(C)C)C(C(=O)Nc1ccc2ccccc2c1)c1ccc(C)c(C)c1. The van der Waals surface area contributed by atoms with Gasteiger partial charge in [0.1, 0.15) is 17.7 Å². The Morgan fingerprint density at radius 1 is 0.881 bits per heavy atom. The molecule has 0 spiro atoms. The summed E-state index contributed by atoms with van der Waals surface area (Å²) in [5.41, 5.74) is 2.80. The molecule has 0 heterocycles. The van der Waals surface area contributed by atoms with Crippen LogP contribution in [0.25, 0.3) is 10.8 Å². The van der Waals surface area contributed by atoms with E-state index in [1.807, 2.05) is 88.4 Å². The largest absolute Gasteiger partial charge is 0.444 e. The van der Waals surface area contributed by atoms with Crippen molar-refractivity contribution in [3.63, 3.8) is 0 Å². The maximum Gasteiger partial charge on any atom is 0.408 e. The molecule has 3 aromatic carbocycles. The van der Waals surface area contributed by atoms with Crippen LogP contribution in [0.4, 0.5) is 10.5 Å². The lowest BCUT2D eigenvalue weighted by Crippen LogP contribution is -2.54. The molecule has 226 valence electrons. The third-order valence-electron chi connectivity index (χ3n) is 7.31. The number of nitrogens with one attached hydrogen (secondary N) is 2. The second-order valence-corrected chi connectivity index (χ2v) is 12.4. The highest BCUT2D eigenvalue weighted by molar-refractivity contribution is 6.00. The Morgan fingerprint density at radius 3 is 2.19 bits per heavy atom. The molecule has 3 rings (SSSR count). The van der Waals surface area contributed by atoms with Crippen LogP contribution in [0.15, 0.2) is 60.7 Å². The molecule has 42 heavy (non-hydrogen) atoms. The van der Waals surface area contributed by atoms with Gasteiger partial charge in [0.05, 0.1) is 0 Å². The van der Waals surface area contributed by atoms with Crippen molar-refractivity contribution in [3.8, 4) is 0 Å². The van der Waals surface area contributed by atoms with Crippen molar-refractivity contribution in [3.05, 3.63) is 77.4 Å². The van der Waals surface area contributed by atoms with Crippen molar-refractivity contribution in [1.29, 1.82) is 0 Å². The van der Waals surface area contributed by atoms with E-state index in [1.54, 1.807) is 25.7 Å². The van der Waals surface area contributed by atoms with Gasteiger partial charge in [0.15, 0.2) is 0 Å². The van der Waals surface area contributed by atoms with Gasteiger partial charge < -0.3 is 20.3 Å². The quantitative estimate of drug-likeness (QED) is 0.230. The summed E-state index contributed by atoms with van der Waals surface area (Å²) in [6.07, 6.45) is 1.93. The third-order valence-corrected chi connectivity index (χ3v) is 7.31. The van der Waals surface area contributed by atoms with Gasteiger partial charge in [-0.1, -0.05) is 82.1 Å². The van der Waals surface area contributed by atoms with E-state index in [-0.39, 0.29) is 17.7 Å². The molecule has 0 aliphatic rings. The first-order chi connectivity index (χ1) is 19.8. The molecule has 7 nitrogen and oxygen atoms in total. The molecule has 0 aliphatic carbocycles. The van der Waals surface area contributed by atoms with Crippen molar-refractivity contribution in [2.24, 2.45) is 5.92 Å². The van der Waals surface area contributed by atoms with Crippen LogP contribution in [0.3, 0.4) is 0 Å². The second-order valence-electron chi connectivity index (χ2n) is 12.4. The molecule has 2 atom stereocenters. The van der Waals surface area contributed by atoms with Gasteiger partial charge in [-0.15, -0.1) is 0 Å². The number of hydrogen-bond acceptors (Lipinski definition) is 4. The summed E-state index contributed by atoms with van der Waals surface area (Å²) in [5, 5.41) is 7.97. The highest BCUT2D eigenvalue weighted by Crippen LogP contribution is 2.28. The zero-order valence-electron chi connectivity index (χ0n) is 26.4. The summed E-state index contributed by atoms with van der Waals surface area (Å²) in [4.78, 5) is 43.0. The van der Waals surface area contributed by atoms with Crippen LogP contribution in [0, 0.1) is 19.8 Å². The molecule has 2 unspecified atom stereocenters. The number of hydrogen-bond donors (Lipinski definition) is 2. The Hall–Kier alpha value is -3.87. The number of fused-ring (bicyclic) bond motifs is 1. The molecule has 0 aliphatic heterocycles. The van der Waals surface area contributed by atoms with Gasteiger partial charge in [-0.05, 0) is 86.6 Å². The number of ether oxygens (including phenoxy) is 1. The molecular formula is C35H47N3O4. The van der Waals surface area contributed by atoms with Crippen LogP contribution in [-0.4, -0.2) is 41.0 Å². The fraction of sp³-hybridized carbons (Fsp3) is 0.457. The van der Waals surface area contributed by atoms with Crippen LogP contribution in [0.1, 0.15) is 83.5 Å². The van der Waals surface area contributed by atoms with Crippen molar-refractivity contribution < 1.29 is 19.1 Å². The van der Waals surface area contributed by atoms with E-state index in [9.17, 15) is 14.4 Å². The average Bonchev–Trinajstić information content (AvgIpc) is 2.91. The van der Waals surface area contributed by atoms with E-state index in [0.717, 1.165) is 46.7 Å². The molecule has 0 saturated heterocycles. The number of unbranched alkanes of at least 4 members (excludes halogenated alkanes) is 2. The van der Waals surface area contributed by atoms with Gasteiger partial charge in [-0.3, -0.25) is 9.59 Å². The van der Waals surface area contributed by atoms with Crippen LogP contribution in [-0.2, 0) is 14.3 Å². The fourth-order valence-electron chi connectivity index (χ4n) is 4.91. The number of carbonyl (C=O) groups is 3. The number of aryl methyl sites for hydroxylation is 2. The van der Waals surface area contributed by atoms with Crippen LogP contribution < -0.4 is 10.6 Å². The summed E-state index contributed by atoms with van der Waals surface area (Å²) >= 11 is 0. The summed E-state index contributed by atoms with van der Waals surface area (Å²) in [5.74, 6) is -0.857. The maximum atomic E-state index is 14.4. The van der Waals surface area contributed by atoms with Crippen LogP contribution >= 0.6 is 0 Å². The Morgan fingerprint density at radius 2 is 1.57 bits per heavy atom. The minimum absolute atomic E-state index is 0.234. The van der Waals surface area contributed by atoms with Crippen molar-refractivity contribution in [2.45, 2.75) is 92.3 Å². The lowest BCUT2D eigenvalue weighted by Gasteiger charge is -2.36. The van der Waals surface area contributed by atoms with E-state index in [1.165, 1.54) is 0 Å². The number of alkyl carbamates (subject to hydrolysis) is 1. The summed E-state index contributed by atoms with van der Waals surface area (Å²) < 4.78 is 5.48. The minimum Gasteiger partial charge on any atom is -0.444 e. The normalized spacial score (nSPS) is 13.0. The van der Waals surface area contributed by atoms with E-state index >= 15 is 0 Å². The lowest BCUT2D eigenvalue weighted by molar-refractivity contribution is -0.141. The van der Waals surface area contributed by atoms with Crippen LogP contribution in [0.5, 0.6) is 0 Å². The Bertz CT molecular complexity index is 1390. The molecule has 0 fully saturated rings. The minimum atomic E-state index is -0.901. The first-order valence-corrected chi connectivity index (χ1v) is 15.0. The van der Waals surface area contributed by atoms with E-state index in [2.05, 4.69) is 17.6 Å². The first kappa shape index (κ1) is 32.6. The highest BCUT2D eigenvalue weighted by Gasteiger charge is 2.37. The monoisotopic (exact) mass is 573 g/mol. The molecular weight excluding hydrogens is 526 g/mol. The molecule has 0 aromatic heterocycles.